The molecule has 0 bridgehead atoms. The van der Waals surface area contributed by atoms with Gasteiger partial charge in [0.25, 0.3) is 0 Å². The molecule has 0 aromatic heterocycles. The van der Waals surface area contributed by atoms with E-state index in [0.29, 0.717) is 24.7 Å². The van der Waals surface area contributed by atoms with Gasteiger partial charge in [-0.25, -0.2) is 0 Å². The van der Waals surface area contributed by atoms with Crippen LogP contribution in [0.1, 0.15) is 43.0 Å². The molecule has 108 valence electrons. The Morgan fingerprint density at radius 2 is 1.62 bits per heavy atom. The van der Waals surface area contributed by atoms with Crippen LogP contribution >= 0.6 is 0 Å². The fourth-order valence-corrected chi connectivity index (χ4v) is 3.22. The molecule has 2 aromatic carbocycles. The maximum atomic E-state index is 11.9. The third kappa shape index (κ3) is 3.06. The first kappa shape index (κ1) is 14.0. The Bertz CT molecular complexity index is 593. The summed E-state index contributed by atoms with van der Waals surface area (Å²) in [5.41, 5.74) is 2.56. The quantitative estimate of drug-likeness (QED) is 0.841. The average Bonchev–Trinajstić information content (AvgIpc) is 2.56. The summed E-state index contributed by atoms with van der Waals surface area (Å²) < 4.78 is 0. The molecular formula is C19H21NO. The summed E-state index contributed by atoms with van der Waals surface area (Å²) in [6.07, 6.45) is 1.29. The van der Waals surface area contributed by atoms with Crippen molar-refractivity contribution >= 4 is 5.78 Å². The van der Waals surface area contributed by atoms with Crippen molar-refractivity contribution in [3.8, 4) is 0 Å². The van der Waals surface area contributed by atoms with E-state index in [-0.39, 0.29) is 6.04 Å². The molecule has 2 atom stereocenters. The van der Waals surface area contributed by atoms with E-state index in [9.17, 15) is 4.79 Å². The van der Waals surface area contributed by atoms with Crippen LogP contribution in [0.5, 0.6) is 0 Å². The van der Waals surface area contributed by atoms with Crippen LogP contribution in [0.3, 0.4) is 0 Å². The minimum atomic E-state index is 0.197. The van der Waals surface area contributed by atoms with Crippen molar-refractivity contribution in [2.75, 3.05) is 6.54 Å². The molecular weight excluding hydrogens is 258 g/mol. The van der Waals surface area contributed by atoms with Crippen LogP contribution in [0.15, 0.2) is 60.7 Å². The smallest absolute Gasteiger partial charge is 0.136 e. The number of carbonyl (C=O) groups excluding carboxylic acids is 1. The third-order valence-electron chi connectivity index (χ3n) is 4.43. The number of rotatable bonds is 3. The molecule has 3 rings (SSSR count). The van der Waals surface area contributed by atoms with Gasteiger partial charge in [-0.3, -0.25) is 9.69 Å². The van der Waals surface area contributed by atoms with Gasteiger partial charge in [0.05, 0.1) is 0 Å². The van der Waals surface area contributed by atoms with Crippen LogP contribution in [0.4, 0.5) is 0 Å². The van der Waals surface area contributed by atoms with Gasteiger partial charge in [-0.15, -0.1) is 0 Å². The number of likely N-dealkylation sites (tertiary alicyclic amines) is 1. The Labute approximate surface area is 126 Å². The molecule has 2 unspecified atom stereocenters. The number of piperidine rings is 1. The molecule has 1 aliphatic rings. The van der Waals surface area contributed by atoms with E-state index >= 15 is 0 Å². The highest BCUT2D eigenvalue weighted by molar-refractivity contribution is 5.80. The number of hydrogen-bond donors (Lipinski definition) is 0. The number of nitrogens with zero attached hydrogens (tertiary/aromatic N) is 1. The normalized spacial score (nSPS) is 21.2. The summed E-state index contributed by atoms with van der Waals surface area (Å²) in [6.45, 7) is 3.08. The van der Waals surface area contributed by atoms with E-state index in [2.05, 4.69) is 60.4 Å². The highest BCUT2D eigenvalue weighted by Crippen LogP contribution is 2.35. The van der Waals surface area contributed by atoms with E-state index in [1.807, 2.05) is 12.1 Å². The molecule has 0 saturated carbocycles. The van der Waals surface area contributed by atoms with Gasteiger partial charge in [0.2, 0.25) is 0 Å². The largest absolute Gasteiger partial charge is 0.300 e. The monoisotopic (exact) mass is 279 g/mol. The van der Waals surface area contributed by atoms with Crippen LogP contribution in [-0.4, -0.2) is 17.2 Å². The molecule has 0 spiro atoms. The van der Waals surface area contributed by atoms with Gasteiger partial charge in [-0.1, -0.05) is 60.7 Å². The van der Waals surface area contributed by atoms with Crippen LogP contribution < -0.4 is 0 Å². The zero-order valence-electron chi connectivity index (χ0n) is 12.4. The number of hydrogen-bond acceptors (Lipinski definition) is 2. The summed E-state index contributed by atoms with van der Waals surface area (Å²) in [5, 5.41) is 0. The number of ketones is 1. The fraction of sp³-hybridized carbons (Fsp3) is 0.316. The summed E-state index contributed by atoms with van der Waals surface area (Å²) in [4.78, 5) is 14.4. The minimum absolute atomic E-state index is 0.197. The molecule has 0 radical (unpaired) electrons. The van der Waals surface area contributed by atoms with E-state index in [1.54, 1.807) is 0 Å². The lowest BCUT2D eigenvalue weighted by atomic mass is 9.91. The summed E-state index contributed by atoms with van der Waals surface area (Å²) >= 11 is 0. The lowest BCUT2D eigenvalue weighted by Gasteiger charge is -2.39. The molecule has 0 aliphatic carbocycles. The zero-order valence-corrected chi connectivity index (χ0v) is 12.4. The molecule has 1 heterocycles. The Morgan fingerprint density at radius 3 is 2.29 bits per heavy atom. The first-order valence-electron chi connectivity index (χ1n) is 7.63. The number of benzene rings is 2. The first-order valence-corrected chi connectivity index (χ1v) is 7.63. The summed E-state index contributed by atoms with van der Waals surface area (Å²) in [5.74, 6) is 0.375. The van der Waals surface area contributed by atoms with E-state index in [4.69, 9.17) is 0 Å². The topological polar surface area (TPSA) is 20.3 Å². The van der Waals surface area contributed by atoms with Gasteiger partial charge in [0.1, 0.15) is 5.78 Å². The molecule has 1 aliphatic heterocycles. The van der Waals surface area contributed by atoms with Gasteiger partial charge in [0.15, 0.2) is 0 Å². The van der Waals surface area contributed by atoms with Crippen molar-refractivity contribution in [2.45, 2.75) is 31.8 Å². The van der Waals surface area contributed by atoms with Crippen molar-refractivity contribution in [1.29, 1.82) is 0 Å². The second-order valence-electron chi connectivity index (χ2n) is 5.74. The predicted molar refractivity (Wildman–Crippen MR) is 85.0 cm³/mol. The van der Waals surface area contributed by atoms with Crippen molar-refractivity contribution < 1.29 is 4.79 Å². The second-order valence-corrected chi connectivity index (χ2v) is 5.74. The number of Topliss-reactive ketones (excluding diaryl/α,β-unsaturated/α-hetero) is 1. The molecule has 21 heavy (non-hydrogen) atoms. The van der Waals surface area contributed by atoms with Crippen molar-refractivity contribution in [2.24, 2.45) is 0 Å². The molecule has 1 saturated heterocycles. The predicted octanol–water partition coefficient (Wildman–Crippen LogP) is 4.15. The second kappa shape index (κ2) is 6.23. The van der Waals surface area contributed by atoms with Crippen LogP contribution in [-0.2, 0) is 4.79 Å². The molecule has 2 nitrogen and oxygen atoms in total. The summed E-state index contributed by atoms with van der Waals surface area (Å²) in [6, 6.07) is 21.5. The van der Waals surface area contributed by atoms with Gasteiger partial charge in [-0.2, -0.15) is 0 Å². The molecule has 2 aromatic rings. The first-order chi connectivity index (χ1) is 10.3. The van der Waals surface area contributed by atoms with Crippen molar-refractivity contribution in [3.63, 3.8) is 0 Å². The van der Waals surface area contributed by atoms with Gasteiger partial charge in [-0.05, 0) is 18.1 Å². The Morgan fingerprint density at radius 1 is 1.00 bits per heavy atom. The Hall–Kier alpha value is -1.93. The maximum Gasteiger partial charge on any atom is 0.136 e. The molecule has 1 fully saturated rings. The third-order valence-corrected chi connectivity index (χ3v) is 4.43. The lowest BCUT2D eigenvalue weighted by molar-refractivity contribution is -0.124. The van der Waals surface area contributed by atoms with Gasteiger partial charge < -0.3 is 0 Å². The highest BCUT2D eigenvalue weighted by atomic mass is 16.1. The van der Waals surface area contributed by atoms with E-state index in [1.165, 1.54) is 11.1 Å². The number of carbonyl (C=O) groups is 1. The SMILES string of the molecule is CC(c1ccccc1)N1CCC(=O)CC1c1ccccc1. The van der Waals surface area contributed by atoms with E-state index < -0.39 is 0 Å². The molecule has 2 heteroatoms. The van der Waals surface area contributed by atoms with Crippen molar-refractivity contribution in [3.05, 3.63) is 71.8 Å². The lowest BCUT2D eigenvalue weighted by Crippen LogP contribution is -2.38. The molecule has 0 amide bonds. The summed E-state index contributed by atoms with van der Waals surface area (Å²) in [7, 11) is 0. The van der Waals surface area contributed by atoms with Crippen molar-refractivity contribution in [1.82, 2.24) is 4.90 Å². The Kier molecular flexibility index (Phi) is 4.16. The fourth-order valence-electron chi connectivity index (χ4n) is 3.22. The van der Waals surface area contributed by atoms with Gasteiger partial charge >= 0.3 is 0 Å². The van der Waals surface area contributed by atoms with E-state index in [0.717, 1.165) is 6.54 Å². The average molecular weight is 279 g/mol. The Balaban J connectivity index is 1.89. The highest BCUT2D eigenvalue weighted by Gasteiger charge is 2.31. The maximum absolute atomic E-state index is 11.9. The van der Waals surface area contributed by atoms with Gasteiger partial charge in [0, 0.05) is 31.5 Å². The molecule has 0 N–H and O–H groups in total. The van der Waals surface area contributed by atoms with Crippen LogP contribution in [0, 0.1) is 0 Å². The minimum Gasteiger partial charge on any atom is -0.300 e. The van der Waals surface area contributed by atoms with Crippen LogP contribution in [0.25, 0.3) is 0 Å². The standard InChI is InChI=1S/C19H21NO/c1-15(16-8-4-2-5-9-16)20-13-12-18(21)14-19(20)17-10-6-3-7-11-17/h2-11,15,19H,12-14H2,1H3. The van der Waals surface area contributed by atoms with Crippen LogP contribution in [0.2, 0.25) is 0 Å². The zero-order chi connectivity index (χ0) is 14.7.